The molecule has 2 fully saturated rings. The van der Waals surface area contributed by atoms with E-state index in [4.69, 9.17) is 9.47 Å². The Kier molecular flexibility index (Phi) is 5.58. The highest BCUT2D eigenvalue weighted by Gasteiger charge is 2.35. The van der Waals surface area contributed by atoms with Gasteiger partial charge >= 0.3 is 0 Å². The molecule has 2 aliphatic heterocycles. The van der Waals surface area contributed by atoms with Gasteiger partial charge in [-0.1, -0.05) is 18.2 Å². The second-order valence-electron chi connectivity index (χ2n) is 7.26. The minimum atomic E-state index is -0.325. The molecule has 2 aromatic rings. The van der Waals surface area contributed by atoms with Crippen molar-refractivity contribution in [2.75, 3.05) is 25.0 Å². The Bertz CT molecular complexity index is 816. The highest BCUT2D eigenvalue weighted by atomic mass is 16.5. The molecule has 146 valence electrons. The molecule has 2 heterocycles. The van der Waals surface area contributed by atoms with Crippen LogP contribution in [-0.2, 0) is 14.3 Å². The number of benzene rings is 2. The number of nitrogens with zero attached hydrogens (tertiary/aromatic N) is 1. The van der Waals surface area contributed by atoms with Crippen molar-refractivity contribution >= 4 is 17.5 Å². The van der Waals surface area contributed by atoms with Gasteiger partial charge in [0.05, 0.1) is 12.0 Å². The van der Waals surface area contributed by atoms with E-state index >= 15 is 0 Å². The van der Waals surface area contributed by atoms with Crippen LogP contribution in [0.5, 0.6) is 11.5 Å². The van der Waals surface area contributed by atoms with Crippen LogP contribution in [0.4, 0.5) is 5.69 Å². The monoisotopic (exact) mass is 380 g/mol. The summed E-state index contributed by atoms with van der Waals surface area (Å²) in [4.78, 5) is 26.5. The quantitative estimate of drug-likeness (QED) is 0.834. The molecule has 6 nitrogen and oxygen atoms in total. The second-order valence-corrected chi connectivity index (χ2v) is 7.26. The molecule has 0 aromatic heterocycles. The zero-order valence-corrected chi connectivity index (χ0v) is 15.7. The summed E-state index contributed by atoms with van der Waals surface area (Å²) in [6.45, 7) is 1.81. The Morgan fingerprint density at radius 1 is 1.11 bits per heavy atom. The van der Waals surface area contributed by atoms with Gasteiger partial charge in [-0.05, 0) is 49.2 Å². The lowest BCUT2D eigenvalue weighted by Gasteiger charge is -2.20. The van der Waals surface area contributed by atoms with E-state index in [1.165, 1.54) is 0 Å². The van der Waals surface area contributed by atoms with Crippen molar-refractivity contribution in [1.82, 2.24) is 4.90 Å². The minimum absolute atomic E-state index is 0.0299. The van der Waals surface area contributed by atoms with Gasteiger partial charge in [0.1, 0.15) is 11.5 Å². The molecule has 6 heteroatoms. The molecule has 4 rings (SSSR count). The molecular weight excluding hydrogens is 356 g/mol. The minimum Gasteiger partial charge on any atom is -0.457 e. The highest BCUT2D eigenvalue weighted by Crippen LogP contribution is 2.25. The fourth-order valence-electron chi connectivity index (χ4n) is 3.63. The highest BCUT2D eigenvalue weighted by molar-refractivity contribution is 5.97. The maximum absolute atomic E-state index is 12.6. The van der Waals surface area contributed by atoms with Gasteiger partial charge in [0.25, 0.3) is 0 Å². The molecule has 2 aromatic carbocycles. The van der Waals surface area contributed by atoms with Crippen LogP contribution in [0.1, 0.15) is 19.3 Å². The molecule has 2 saturated heterocycles. The third-order valence-electron chi connectivity index (χ3n) is 5.13. The predicted octanol–water partition coefficient (Wildman–Crippen LogP) is 3.44. The summed E-state index contributed by atoms with van der Waals surface area (Å²) in [5.41, 5.74) is 0.690. The van der Waals surface area contributed by atoms with Crippen molar-refractivity contribution in [2.24, 2.45) is 5.92 Å². The standard InChI is InChI=1S/C22H24N2O4/c25-21-13-16(14-24(21)15-20-7-4-12-27-20)22(26)23-17-8-10-19(11-9-17)28-18-5-2-1-3-6-18/h1-3,5-6,8-11,16,20H,4,7,12-15H2,(H,23,26). The van der Waals surface area contributed by atoms with Gasteiger partial charge < -0.3 is 19.7 Å². The van der Waals surface area contributed by atoms with E-state index in [-0.39, 0.29) is 30.3 Å². The van der Waals surface area contributed by atoms with Gasteiger partial charge in [-0.25, -0.2) is 0 Å². The SMILES string of the molecule is O=C(Nc1ccc(Oc2ccccc2)cc1)C1CC(=O)N(CC2CCCO2)C1. The topological polar surface area (TPSA) is 67.9 Å². The number of carbonyl (C=O) groups is 2. The molecular formula is C22H24N2O4. The molecule has 2 atom stereocenters. The summed E-state index contributed by atoms with van der Waals surface area (Å²) in [6.07, 6.45) is 2.40. The van der Waals surface area contributed by atoms with Crippen LogP contribution < -0.4 is 10.1 Å². The molecule has 0 bridgehead atoms. The van der Waals surface area contributed by atoms with Gasteiger partial charge in [0.2, 0.25) is 11.8 Å². The fraction of sp³-hybridized carbons (Fsp3) is 0.364. The lowest BCUT2D eigenvalue weighted by atomic mass is 10.1. The van der Waals surface area contributed by atoms with E-state index in [0.717, 1.165) is 25.2 Å². The van der Waals surface area contributed by atoms with Crippen molar-refractivity contribution in [1.29, 1.82) is 0 Å². The van der Waals surface area contributed by atoms with Gasteiger partial charge in [0.15, 0.2) is 0 Å². The normalized spacial score (nSPS) is 21.7. The van der Waals surface area contributed by atoms with Crippen molar-refractivity contribution in [3.8, 4) is 11.5 Å². The van der Waals surface area contributed by atoms with Gasteiger partial charge in [0, 0.05) is 31.8 Å². The van der Waals surface area contributed by atoms with Crippen LogP contribution in [0, 0.1) is 5.92 Å². The Morgan fingerprint density at radius 3 is 2.57 bits per heavy atom. The third kappa shape index (κ3) is 4.51. The Hall–Kier alpha value is -2.86. The first kappa shape index (κ1) is 18.5. The molecule has 2 amide bonds. The maximum Gasteiger partial charge on any atom is 0.229 e. The number of hydrogen-bond acceptors (Lipinski definition) is 4. The summed E-state index contributed by atoms with van der Waals surface area (Å²) in [6, 6.07) is 16.8. The molecule has 0 spiro atoms. The third-order valence-corrected chi connectivity index (χ3v) is 5.13. The average molecular weight is 380 g/mol. The fourth-order valence-corrected chi connectivity index (χ4v) is 3.63. The summed E-state index contributed by atoms with van der Waals surface area (Å²) in [7, 11) is 0. The molecule has 0 aliphatic carbocycles. The van der Waals surface area contributed by atoms with E-state index < -0.39 is 0 Å². The van der Waals surface area contributed by atoms with Gasteiger partial charge in [-0.3, -0.25) is 9.59 Å². The number of para-hydroxylation sites is 1. The molecule has 2 unspecified atom stereocenters. The summed E-state index contributed by atoms with van der Waals surface area (Å²) < 4.78 is 11.4. The average Bonchev–Trinajstić information content (AvgIpc) is 3.35. The Labute approximate surface area is 164 Å². The van der Waals surface area contributed by atoms with E-state index in [2.05, 4.69) is 5.32 Å². The van der Waals surface area contributed by atoms with Crippen LogP contribution >= 0.6 is 0 Å². The summed E-state index contributed by atoms with van der Waals surface area (Å²) in [5.74, 6) is 1.04. The van der Waals surface area contributed by atoms with Crippen molar-refractivity contribution in [2.45, 2.75) is 25.4 Å². The number of anilines is 1. The van der Waals surface area contributed by atoms with Crippen LogP contribution in [-0.4, -0.2) is 42.5 Å². The first-order valence-corrected chi connectivity index (χ1v) is 9.70. The molecule has 2 aliphatic rings. The first-order valence-electron chi connectivity index (χ1n) is 9.70. The summed E-state index contributed by atoms with van der Waals surface area (Å²) >= 11 is 0. The maximum atomic E-state index is 12.6. The largest absolute Gasteiger partial charge is 0.457 e. The molecule has 0 saturated carbocycles. The lowest BCUT2D eigenvalue weighted by Crippen LogP contribution is -2.34. The summed E-state index contributed by atoms with van der Waals surface area (Å²) in [5, 5.41) is 2.91. The van der Waals surface area contributed by atoms with Crippen LogP contribution in [0.2, 0.25) is 0 Å². The van der Waals surface area contributed by atoms with Crippen molar-refractivity contribution < 1.29 is 19.1 Å². The molecule has 28 heavy (non-hydrogen) atoms. The van der Waals surface area contributed by atoms with Crippen molar-refractivity contribution in [3.63, 3.8) is 0 Å². The number of rotatable bonds is 6. The Morgan fingerprint density at radius 2 is 1.86 bits per heavy atom. The zero-order chi connectivity index (χ0) is 19.3. The smallest absolute Gasteiger partial charge is 0.229 e. The number of hydrogen-bond donors (Lipinski definition) is 1. The molecule has 1 N–H and O–H groups in total. The second kappa shape index (κ2) is 8.44. The number of amides is 2. The van der Waals surface area contributed by atoms with Gasteiger partial charge in [-0.2, -0.15) is 0 Å². The number of ether oxygens (including phenoxy) is 2. The Balaban J connectivity index is 1.30. The van der Waals surface area contributed by atoms with E-state index in [1.807, 2.05) is 42.5 Å². The zero-order valence-electron chi connectivity index (χ0n) is 15.7. The lowest BCUT2D eigenvalue weighted by molar-refractivity contribution is -0.129. The van der Waals surface area contributed by atoms with Gasteiger partial charge in [-0.15, -0.1) is 0 Å². The number of likely N-dealkylation sites (tertiary alicyclic amines) is 1. The molecule has 0 radical (unpaired) electrons. The van der Waals surface area contributed by atoms with Crippen molar-refractivity contribution in [3.05, 3.63) is 54.6 Å². The van der Waals surface area contributed by atoms with E-state index in [1.54, 1.807) is 17.0 Å². The van der Waals surface area contributed by atoms with E-state index in [0.29, 0.717) is 24.5 Å². The first-order chi connectivity index (χ1) is 13.7. The van der Waals surface area contributed by atoms with Crippen LogP contribution in [0.3, 0.4) is 0 Å². The number of carbonyl (C=O) groups excluding carboxylic acids is 2. The van der Waals surface area contributed by atoms with Crippen LogP contribution in [0.25, 0.3) is 0 Å². The van der Waals surface area contributed by atoms with E-state index in [9.17, 15) is 9.59 Å². The number of nitrogens with one attached hydrogen (secondary N) is 1. The van der Waals surface area contributed by atoms with Crippen LogP contribution in [0.15, 0.2) is 54.6 Å². The predicted molar refractivity (Wildman–Crippen MR) is 105 cm³/mol.